The Balaban J connectivity index is 2.20. The van der Waals surface area contributed by atoms with Crippen molar-refractivity contribution in [1.29, 1.82) is 0 Å². The van der Waals surface area contributed by atoms with Crippen LogP contribution in [-0.4, -0.2) is 11.1 Å². The van der Waals surface area contributed by atoms with Gasteiger partial charge >= 0.3 is 5.97 Å². The molecule has 0 saturated carbocycles. The van der Waals surface area contributed by atoms with E-state index in [4.69, 9.17) is 16.7 Å². The van der Waals surface area contributed by atoms with E-state index in [0.717, 1.165) is 29.2 Å². The minimum atomic E-state index is -0.725. The maximum absolute atomic E-state index is 10.2. The Hall–Kier alpha value is -0.540. The highest BCUT2D eigenvalue weighted by Crippen LogP contribution is 2.23. The molecule has 1 aromatic heterocycles. The van der Waals surface area contributed by atoms with Crippen molar-refractivity contribution in [1.82, 2.24) is 0 Å². The topological polar surface area (TPSA) is 37.3 Å². The predicted octanol–water partition coefficient (Wildman–Crippen LogP) is 3.20. The van der Waals surface area contributed by atoms with Crippen LogP contribution in [0.2, 0.25) is 5.02 Å². The van der Waals surface area contributed by atoms with Crippen LogP contribution < -0.4 is 0 Å². The van der Waals surface area contributed by atoms with Crippen molar-refractivity contribution in [3.8, 4) is 0 Å². The molecule has 0 aromatic carbocycles. The van der Waals surface area contributed by atoms with Gasteiger partial charge in [0.25, 0.3) is 0 Å². The molecule has 13 heavy (non-hydrogen) atoms. The maximum atomic E-state index is 10.2. The highest BCUT2D eigenvalue weighted by Gasteiger charge is 2.02. The zero-order valence-electron chi connectivity index (χ0n) is 7.12. The molecule has 1 N–H and O–H groups in total. The van der Waals surface area contributed by atoms with Crippen LogP contribution in [-0.2, 0) is 11.2 Å². The average Bonchev–Trinajstić information content (AvgIpc) is 2.45. The number of halogens is 1. The average molecular weight is 219 g/mol. The molecule has 0 bridgehead atoms. The highest BCUT2D eigenvalue weighted by molar-refractivity contribution is 7.10. The summed E-state index contributed by atoms with van der Waals surface area (Å²) in [6, 6.07) is 1.87. The van der Waals surface area contributed by atoms with E-state index in [1.165, 1.54) is 0 Å². The van der Waals surface area contributed by atoms with Gasteiger partial charge in [0.05, 0.1) is 5.02 Å². The van der Waals surface area contributed by atoms with Crippen LogP contribution in [0.1, 0.15) is 24.1 Å². The molecule has 1 heterocycles. The van der Waals surface area contributed by atoms with Gasteiger partial charge in [-0.05, 0) is 30.7 Å². The molecule has 0 radical (unpaired) electrons. The second-order valence-electron chi connectivity index (χ2n) is 2.79. The number of hydrogen-bond acceptors (Lipinski definition) is 2. The third-order valence-electron chi connectivity index (χ3n) is 1.74. The predicted molar refractivity (Wildman–Crippen MR) is 54.5 cm³/mol. The van der Waals surface area contributed by atoms with Gasteiger partial charge in [0.1, 0.15) is 0 Å². The summed E-state index contributed by atoms with van der Waals surface area (Å²) in [6.07, 6.45) is 2.77. The van der Waals surface area contributed by atoms with E-state index in [2.05, 4.69) is 0 Å². The van der Waals surface area contributed by atoms with Gasteiger partial charge < -0.3 is 5.11 Å². The molecule has 1 aromatic rings. The fourth-order valence-corrected chi connectivity index (χ4v) is 2.24. The lowest BCUT2D eigenvalue weighted by Gasteiger charge is -1.96. The zero-order chi connectivity index (χ0) is 9.68. The number of carbonyl (C=O) groups is 1. The monoisotopic (exact) mass is 218 g/mol. The first-order chi connectivity index (χ1) is 6.20. The molecule has 0 aliphatic rings. The lowest BCUT2D eigenvalue weighted by atomic mass is 10.2. The van der Waals surface area contributed by atoms with E-state index in [1.54, 1.807) is 11.3 Å². The Morgan fingerprint density at radius 3 is 2.85 bits per heavy atom. The number of rotatable bonds is 5. The Bertz CT molecular complexity index is 283. The maximum Gasteiger partial charge on any atom is 0.303 e. The van der Waals surface area contributed by atoms with Crippen molar-refractivity contribution in [2.45, 2.75) is 25.7 Å². The molecule has 0 atom stereocenters. The van der Waals surface area contributed by atoms with E-state index in [1.807, 2.05) is 11.4 Å². The molecule has 1 rings (SSSR count). The third-order valence-corrected chi connectivity index (χ3v) is 3.18. The molecule has 0 aliphatic heterocycles. The second-order valence-corrected chi connectivity index (χ2v) is 4.20. The standard InChI is InChI=1S/C9H11ClO2S/c10-7-5-6-13-8(7)3-1-2-4-9(11)12/h5-6H,1-4H2,(H,11,12). The fraction of sp³-hybridized carbons (Fsp3) is 0.444. The Morgan fingerprint density at radius 1 is 1.54 bits per heavy atom. The first kappa shape index (κ1) is 10.5. The van der Waals surface area contributed by atoms with Crippen molar-refractivity contribution in [2.75, 3.05) is 0 Å². The summed E-state index contributed by atoms with van der Waals surface area (Å²) in [5.41, 5.74) is 0. The van der Waals surface area contributed by atoms with Crippen LogP contribution in [0.4, 0.5) is 0 Å². The van der Waals surface area contributed by atoms with Gasteiger partial charge in [-0.25, -0.2) is 0 Å². The number of carboxylic acids is 1. The smallest absolute Gasteiger partial charge is 0.303 e. The fourth-order valence-electron chi connectivity index (χ4n) is 1.07. The minimum Gasteiger partial charge on any atom is -0.481 e. The molecule has 0 amide bonds. The summed E-state index contributed by atoms with van der Waals surface area (Å²) in [6.45, 7) is 0. The van der Waals surface area contributed by atoms with Crippen molar-refractivity contribution >= 4 is 28.9 Å². The summed E-state index contributed by atoms with van der Waals surface area (Å²) in [5.74, 6) is -0.725. The van der Waals surface area contributed by atoms with Gasteiger partial charge in [-0.15, -0.1) is 11.3 Å². The zero-order valence-corrected chi connectivity index (χ0v) is 8.70. The van der Waals surface area contributed by atoms with Crippen LogP contribution in [0.3, 0.4) is 0 Å². The van der Waals surface area contributed by atoms with Gasteiger partial charge in [0, 0.05) is 11.3 Å². The summed E-state index contributed by atoms with van der Waals surface area (Å²) in [5, 5.41) is 11.2. The Labute approximate surface area is 86.2 Å². The van der Waals surface area contributed by atoms with Crippen LogP contribution >= 0.6 is 22.9 Å². The minimum absolute atomic E-state index is 0.253. The van der Waals surface area contributed by atoms with E-state index in [0.29, 0.717) is 0 Å². The van der Waals surface area contributed by atoms with Gasteiger partial charge in [-0.1, -0.05) is 11.6 Å². The van der Waals surface area contributed by atoms with Crippen LogP contribution in [0, 0.1) is 0 Å². The normalized spacial score (nSPS) is 10.2. The Kier molecular flexibility index (Phi) is 4.25. The molecule has 2 nitrogen and oxygen atoms in total. The summed E-state index contributed by atoms with van der Waals surface area (Å²) < 4.78 is 0. The second kappa shape index (κ2) is 5.25. The number of unbranched alkanes of at least 4 members (excludes halogenated alkanes) is 1. The van der Waals surface area contributed by atoms with Gasteiger partial charge in [0.15, 0.2) is 0 Å². The number of hydrogen-bond donors (Lipinski definition) is 1. The van der Waals surface area contributed by atoms with Crippen molar-refractivity contribution in [2.24, 2.45) is 0 Å². The first-order valence-corrected chi connectivity index (χ1v) is 5.39. The molecular formula is C9H11ClO2S. The van der Waals surface area contributed by atoms with E-state index in [-0.39, 0.29) is 6.42 Å². The molecule has 4 heteroatoms. The summed E-state index contributed by atoms with van der Waals surface area (Å²) >= 11 is 7.50. The van der Waals surface area contributed by atoms with Crippen molar-refractivity contribution < 1.29 is 9.90 Å². The number of thiophene rings is 1. The van der Waals surface area contributed by atoms with Gasteiger partial charge in [-0.2, -0.15) is 0 Å². The van der Waals surface area contributed by atoms with Crippen molar-refractivity contribution in [3.05, 3.63) is 21.3 Å². The lowest BCUT2D eigenvalue weighted by Crippen LogP contribution is -1.94. The van der Waals surface area contributed by atoms with Crippen LogP contribution in [0.25, 0.3) is 0 Å². The number of aliphatic carboxylic acids is 1. The third kappa shape index (κ3) is 3.79. The van der Waals surface area contributed by atoms with E-state index >= 15 is 0 Å². The molecule has 0 saturated heterocycles. The van der Waals surface area contributed by atoms with Crippen LogP contribution in [0.15, 0.2) is 11.4 Å². The largest absolute Gasteiger partial charge is 0.481 e. The molecule has 0 unspecified atom stereocenters. The SMILES string of the molecule is O=C(O)CCCCc1sccc1Cl. The van der Waals surface area contributed by atoms with E-state index in [9.17, 15) is 4.79 Å². The summed E-state index contributed by atoms with van der Waals surface area (Å²) in [4.78, 5) is 11.4. The first-order valence-electron chi connectivity index (χ1n) is 4.14. The molecule has 72 valence electrons. The van der Waals surface area contributed by atoms with Gasteiger partial charge in [-0.3, -0.25) is 4.79 Å². The number of aryl methyl sites for hydroxylation is 1. The molecule has 0 fully saturated rings. The van der Waals surface area contributed by atoms with Crippen LogP contribution in [0.5, 0.6) is 0 Å². The highest BCUT2D eigenvalue weighted by atomic mass is 35.5. The van der Waals surface area contributed by atoms with Gasteiger partial charge in [0.2, 0.25) is 0 Å². The quantitative estimate of drug-likeness (QED) is 0.771. The Morgan fingerprint density at radius 2 is 2.31 bits per heavy atom. The molecular weight excluding hydrogens is 208 g/mol. The number of carboxylic acid groups (broad SMARTS) is 1. The van der Waals surface area contributed by atoms with E-state index < -0.39 is 5.97 Å². The lowest BCUT2D eigenvalue weighted by molar-refractivity contribution is -0.137. The summed E-state index contributed by atoms with van der Waals surface area (Å²) in [7, 11) is 0. The molecule has 0 spiro atoms. The molecule has 0 aliphatic carbocycles. The van der Waals surface area contributed by atoms with Crippen molar-refractivity contribution in [3.63, 3.8) is 0 Å².